The highest BCUT2D eigenvalue weighted by molar-refractivity contribution is 6.16. The zero-order valence-electron chi connectivity index (χ0n) is 51.0. The summed E-state index contributed by atoms with van der Waals surface area (Å²) < 4.78 is 14.7. The van der Waals surface area contributed by atoms with E-state index in [1.165, 1.54) is 118 Å². The van der Waals surface area contributed by atoms with Crippen LogP contribution in [-0.2, 0) is 16.2 Å². The van der Waals surface area contributed by atoms with Crippen molar-refractivity contribution in [3.8, 4) is 11.1 Å². The fourth-order valence-electron chi connectivity index (χ4n) is 15.9. The summed E-state index contributed by atoms with van der Waals surface area (Å²) in [7, 11) is 0. The van der Waals surface area contributed by atoms with E-state index in [-0.39, 0.29) is 10.8 Å². The molecule has 16 rings (SSSR count). The number of fused-ring (bicyclic) bond motifs is 11. The van der Waals surface area contributed by atoms with E-state index in [9.17, 15) is 0 Å². The minimum Gasteiger partial charge on any atom is -0.454 e. The van der Waals surface area contributed by atoms with Crippen LogP contribution in [0.3, 0.4) is 0 Å². The van der Waals surface area contributed by atoms with E-state index in [2.05, 4.69) is 282 Å². The molecule has 0 bridgehead atoms. The molecule has 87 heavy (non-hydrogen) atoms. The molecular formula is C83H74N2O2. The quantitative estimate of drug-likeness (QED) is 0.137. The summed E-state index contributed by atoms with van der Waals surface area (Å²) >= 11 is 0. The molecule has 0 N–H and O–H groups in total. The van der Waals surface area contributed by atoms with Crippen molar-refractivity contribution in [2.75, 3.05) is 9.80 Å². The summed E-state index contributed by atoms with van der Waals surface area (Å²) in [6, 6.07) is 87.6. The molecule has 2 heterocycles. The van der Waals surface area contributed by atoms with Gasteiger partial charge in [-0.05, 0) is 153 Å². The van der Waals surface area contributed by atoms with Crippen molar-refractivity contribution in [3.05, 3.63) is 275 Å². The SMILES string of the molecule is CC(C)(C)c1cccc2c1oc1c(N(c3ccc(C4CCCC4)cc3)c3ccc4c(c3)C(c3ccccc3)(c3ccccc3)c3cc(N(c5ccc(C6CCCC6)cc5)c5cccc6c5oc5c(C(C)(C)C)cccc56)c5ccccc5c3-4)cccc12. The maximum atomic E-state index is 7.36. The number of para-hydroxylation sites is 4. The molecule has 3 aliphatic carbocycles. The number of rotatable bonds is 10. The first-order valence-corrected chi connectivity index (χ1v) is 32.0. The highest BCUT2D eigenvalue weighted by Crippen LogP contribution is 2.61. The van der Waals surface area contributed by atoms with Gasteiger partial charge in [0, 0.05) is 55.1 Å². The molecule has 11 aromatic carbocycles. The van der Waals surface area contributed by atoms with Crippen molar-refractivity contribution in [2.45, 2.75) is 121 Å². The van der Waals surface area contributed by atoms with Gasteiger partial charge >= 0.3 is 0 Å². The average molecular weight is 1130 g/mol. The van der Waals surface area contributed by atoms with Crippen molar-refractivity contribution in [2.24, 2.45) is 0 Å². The molecule has 2 aromatic heterocycles. The third-order valence-electron chi connectivity index (χ3n) is 20.1. The molecule has 0 radical (unpaired) electrons. The Morgan fingerprint density at radius 1 is 0.345 bits per heavy atom. The molecule has 0 saturated heterocycles. The summed E-state index contributed by atoms with van der Waals surface area (Å²) in [5, 5.41) is 6.87. The highest BCUT2D eigenvalue weighted by atomic mass is 16.3. The monoisotopic (exact) mass is 1130 g/mol. The van der Waals surface area contributed by atoms with E-state index < -0.39 is 5.41 Å². The van der Waals surface area contributed by atoms with Gasteiger partial charge in [0.2, 0.25) is 0 Å². The van der Waals surface area contributed by atoms with E-state index in [0.29, 0.717) is 11.8 Å². The summed E-state index contributed by atoms with van der Waals surface area (Å²) in [6.07, 6.45) is 10.2. The fraction of sp³-hybridized carbons (Fsp3) is 0.229. The van der Waals surface area contributed by atoms with Crippen molar-refractivity contribution in [1.29, 1.82) is 0 Å². The van der Waals surface area contributed by atoms with E-state index in [1.807, 2.05) is 0 Å². The Labute approximate surface area is 511 Å². The minimum atomic E-state index is -0.780. The zero-order valence-corrected chi connectivity index (χ0v) is 51.0. The van der Waals surface area contributed by atoms with Crippen LogP contribution < -0.4 is 9.80 Å². The molecule has 3 aliphatic rings. The standard InChI is InChI=1S/C83H74N2O2/c1-81(2,3)69-37-19-33-64-66-35-21-39-73(79(66)86-77(64)69)84(59-45-41-55(42-46-59)53-23-13-14-24-53)61-49-50-68-71(51-61)83(57-27-9-7-10-28-57,58-29-11-8-12-30-58)72-52-75(62-31-17-18-32-63(62)76(68)72)85(60-47-43-56(44-48-60)54-25-15-16-26-54)74-40-22-36-67-65-34-20-38-70(82(4,5)6)78(65)87-80(67)74/h7-12,17-22,27-54H,13-16,23-26H2,1-6H3. The molecule has 2 saturated carbocycles. The second kappa shape index (κ2) is 20.5. The van der Waals surface area contributed by atoms with Gasteiger partial charge in [-0.2, -0.15) is 0 Å². The second-order valence-electron chi connectivity index (χ2n) is 27.3. The first-order valence-electron chi connectivity index (χ1n) is 32.0. The number of benzene rings is 11. The largest absolute Gasteiger partial charge is 0.454 e. The van der Waals surface area contributed by atoms with E-state index in [1.54, 1.807) is 0 Å². The Hall–Kier alpha value is -9.12. The topological polar surface area (TPSA) is 32.8 Å². The van der Waals surface area contributed by atoms with Crippen molar-refractivity contribution < 1.29 is 8.83 Å². The first-order chi connectivity index (χ1) is 42.4. The predicted molar refractivity (Wildman–Crippen MR) is 365 cm³/mol. The van der Waals surface area contributed by atoms with Crippen LogP contribution in [0.2, 0.25) is 0 Å². The molecule has 13 aromatic rings. The van der Waals surface area contributed by atoms with Crippen molar-refractivity contribution in [3.63, 3.8) is 0 Å². The van der Waals surface area contributed by atoms with E-state index in [0.717, 1.165) is 78.0 Å². The summed E-state index contributed by atoms with van der Waals surface area (Å²) in [6.45, 7) is 13.7. The van der Waals surface area contributed by atoms with E-state index in [4.69, 9.17) is 8.83 Å². The molecular weight excluding hydrogens is 1060 g/mol. The Bertz CT molecular complexity index is 4730. The molecule has 2 fully saturated rings. The van der Waals surface area contributed by atoms with Gasteiger partial charge in [0.15, 0.2) is 11.2 Å². The third-order valence-corrected chi connectivity index (χ3v) is 20.1. The Morgan fingerprint density at radius 3 is 1.25 bits per heavy atom. The molecule has 0 aliphatic heterocycles. The van der Waals surface area contributed by atoms with Gasteiger partial charge < -0.3 is 18.6 Å². The zero-order chi connectivity index (χ0) is 58.8. The summed E-state index contributed by atoms with van der Waals surface area (Å²) in [5.41, 5.74) is 21.6. The maximum absolute atomic E-state index is 7.36. The molecule has 0 unspecified atom stereocenters. The van der Waals surface area contributed by atoms with Crippen LogP contribution in [-0.4, -0.2) is 0 Å². The van der Waals surface area contributed by atoms with Crippen molar-refractivity contribution >= 4 is 88.8 Å². The Balaban J connectivity index is 0.977. The van der Waals surface area contributed by atoms with Crippen LogP contribution in [0.5, 0.6) is 0 Å². The smallest absolute Gasteiger partial charge is 0.159 e. The normalized spacial score (nSPS) is 15.3. The number of hydrogen-bond acceptors (Lipinski definition) is 4. The number of anilines is 6. The lowest BCUT2D eigenvalue weighted by Gasteiger charge is -2.36. The molecule has 0 amide bonds. The number of furan rings is 2. The number of nitrogens with zero attached hydrogens (tertiary/aromatic N) is 2. The van der Waals surface area contributed by atoms with Crippen LogP contribution in [0.4, 0.5) is 34.1 Å². The Kier molecular flexibility index (Phi) is 12.6. The Morgan fingerprint density at radius 2 is 0.759 bits per heavy atom. The van der Waals surface area contributed by atoms with Gasteiger partial charge in [0.05, 0.1) is 22.5 Å². The van der Waals surface area contributed by atoms with Crippen LogP contribution >= 0.6 is 0 Å². The highest BCUT2D eigenvalue weighted by Gasteiger charge is 2.48. The molecule has 4 nitrogen and oxygen atoms in total. The van der Waals surface area contributed by atoms with Crippen LogP contribution in [0, 0.1) is 0 Å². The maximum Gasteiger partial charge on any atom is 0.159 e. The fourth-order valence-corrected chi connectivity index (χ4v) is 15.9. The lowest BCUT2D eigenvalue weighted by molar-refractivity contribution is 0.572. The van der Waals surface area contributed by atoms with Crippen LogP contribution in [0.25, 0.3) is 65.8 Å². The van der Waals surface area contributed by atoms with Gasteiger partial charge in [0.1, 0.15) is 11.2 Å². The summed E-state index contributed by atoms with van der Waals surface area (Å²) in [4.78, 5) is 5.00. The molecule has 428 valence electrons. The molecule has 0 atom stereocenters. The lowest BCUT2D eigenvalue weighted by atomic mass is 9.67. The predicted octanol–water partition coefficient (Wildman–Crippen LogP) is 23.9. The first kappa shape index (κ1) is 53.4. The third kappa shape index (κ3) is 8.52. The lowest BCUT2D eigenvalue weighted by Crippen LogP contribution is -2.29. The molecule has 4 heteroatoms. The van der Waals surface area contributed by atoms with Gasteiger partial charge in [0.25, 0.3) is 0 Å². The van der Waals surface area contributed by atoms with Crippen LogP contribution in [0.1, 0.15) is 149 Å². The average Bonchev–Trinajstić information content (AvgIpc) is 1.56. The van der Waals surface area contributed by atoms with Gasteiger partial charge in [-0.3, -0.25) is 0 Å². The van der Waals surface area contributed by atoms with E-state index >= 15 is 0 Å². The number of hydrogen-bond donors (Lipinski definition) is 0. The van der Waals surface area contributed by atoms with Gasteiger partial charge in [-0.25, -0.2) is 0 Å². The van der Waals surface area contributed by atoms with Crippen LogP contribution in [0.15, 0.2) is 239 Å². The minimum absolute atomic E-state index is 0.117. The van der Waals surface area contributed by atoms with Crippen molar-refractivity contribution in [1.82, 2.24) is 0 Å². The van der Waals surface area contributed by atoms with Gasteiger partial charge in [-0.1, -0.05) is 243 Å². The van der Waals surface area contributed by atoms with Gasteiger partial charge in [-0.15, -0.1) is 0 Å². The summed E-state index contributed by atoms with van der Waals surface area (Å²) in [5.74, 6) is 1.18. The molecule has 0 spiro atoms. The second-order valence-corrected chi connectivity index (χ2v) is 27.3.